The Morgan fingerprint density at radius 1 is 1.37 bits per heavy atom. The summed E-state index contributed by atoms with van der Waals surface area (Å²) in [4.78, 5) is 10.9. The van der Waals surface area contributed by atoms with Gasteiger partial charge in [-0.1, -0.05) is 12.1 Å². The van der Waals surface area contributed by atoms with Gasteiger partial charge in [-0.05, 0) is 12.1 Å². The Hall–Kier alpha value is -1.80. The summed E-state index contributed by atoms with van der Waals surface area (Å²) >= 11 is 0. The number of anilines is 1. The first-order chi connectivity index (χ1) is 8.94. The predicted octanol–water partition coefficient (Wildman–Crippen LogP) is -0.687. The standard InChI is InChI=1S/C11H17N3O4S/c1-13-11(15)8-14-19(16,17)7-6-18-10-5-3-2-4-9(10)12/h2-5,14H,6-8,12H2,1H3,(H,13,15). The van der Waals surface area contributed by atoms with Crippen molar-refractivity contribution in [2.45, 2.75) is 0 Å². The number of nitrogen functional groups attached to an aromatic ring is 1. The van der Waals surface area contributed by atoms with E-state index in [1.807, 2.05) is 0 Å². The highest BCUT2D eigenvalue weighted by Gasteiger charge is 2.12. The molecule has 4 N–H and O–H groups in total. The first-order valence-electron chi connectivity index (χ1n) is 5.60. The Labute approximate surface area is 112 Å². The van der Waals surface area contributed by atoms with Crippen LogP contribution in [0.3, 0.4) is 0 Å². The third-order valence-corrected chi connectivity index (χ3v) is 3.55. The fourth-order valence-corrected chi connectivity index (χ4v) is 2.01. The van der Waals surface area contributed by atoms with Gasteiger partial charge in [-0.15, -0.1) is 0 Å². The van der Waals surface area contributed by atoms with Crippen molar-refractivity contribution in [1.82, 2.24) is 10.0 Å². The Kier molecular flexibility index (Phi) is 5.58. The zero-order chi connectivity index (χ0) is 14.3. The monoisotopic (exact) mass is 287 g/mol. The van der Waals surface area contributed by atoms with E-state index < -0.39 is 15.9 Å². The van der Waals surface area contributed by atoms with Crippen LogP contribution in [0.4, 0.5) is 5.69 Å². The van der Waals surface area contributed by atoms with Crippen LogP contribution in [0.15, 0.2) is 24.3 Å². The summed E-state index contributed by atoms with van der Waals surface area (Å²) in [5, 5.41) is 2.31. The number of sulfonamides is 1. The lowest BCUT2D eigenvalue weighted by Gasteiger charge is -2.09. The van der Waals surface area contributed by atoms with Crippen LogP contribution < -0.4 is 20.5 Å². The molecule has 0 saturated heterocycles. The van der Waals surface area contributed by atoms with E-state index in [1.54, 1.807) is 24.3 Å². The van der Waals surface area contributed by atoms with E-state index in [-0.39, 0.29) is 18.9 Å². The molecule has 7 nitrogen and oxygen atoms in total. The van der Waals surface area contributed by atoms with Gasteiger partial charge in [-0.3, -0.25) is 4.79 Å². The summed E-state index contributed by atoms with van der Waals surface area (Å²) in [6.07, 6.45) is 0. The second-order valence-corrected chi connectivity index (χ2v) is 5.63. The molecule has 1 aromatic carbocycles. The molecule has 0 aliphatic carbocycles. The third kappa shape index (κ3) is 5.58. The first-order valence-corrected chi connectivity index (χ1v) is 7.25. The smallest absolute Gasteiger partial charge is 0.234 e. The molecule has 0 saturated carbocycles. The maximum absolute atomic E-state index is 11.5. The van der Waals surface area contributed by atoms with Crippen molar-refractivity contribution in [3.63, 3.8) is 0 Å². The van der Waals surface area contributed by atoms with Crippen LogP contribution in [0.2, 0.25) is 0 Å². The Morgan fingerprint density at radius 3 is 2.68 bits per heavy atom. The Bertz CT molecular complexity index is 530. The molecule has 0 heterocycles. The quantitative estimate of drug-likeness (QED) is 0.575. The number of benzene rings is 1. The lowest BCUT2D eigenvalue weighted by atomic mass is 10.3. The van der Waals surface area contributed by atoms with Crippen molar-refractivity contribution in [2.24, 2.45) is 0 Å². The molecule has 0 fully saturated rings. The summed E-state index contributed by atoms with van der Waals surface area (Å²) in [5.74, 6) is -0.223. The number of hydrogen-bond acceptors (Lipinski definition) is 5. The van der Waals surface area contributed by atoms with Crippen LogP contribution in [0.25, 0.3) is 0 Å². The molecule has 0 spiro atoms. The summed E-state index contributed by atoms with van der Waals surface area (Å²) < 4.78 is 30.5. The van der Waals surface area contributed by atoms with Crippen molar-refractivity contribution in [2.75, 3.05) is 31.7 Å². The molecule has 0 aliphatic heterocycles. The summed E-state index contributed by atoms with van der Waals surface area (Å²) in [5.41, 5.74) is 6.09. The number of amides is 1. The molecule has 19 heavy (non-hydrogen) atoms. The van der Waals surface area contributed by atoms with Gasteiger partial charge < -0.3 is 15.8 Å². The zero-order valence-electron chi connectivity index (χ0n) is 10.5. The highest BCUT2D eigenvalue weighted by Crippen LogP contribution is 2.19. The van der Waals surface area contributed by atoms with Crippen molar-refractivity contribution in [1.29, 1.82) is 0 Å². The lowest BCUT2D eigenvalue weighted by molar-refractivity contribution is -0.119. The lowest BCUT2D eigenvalue weighted by Crippen LogP contribution is -2.37. The number of nitrogens with two attached hydrogens (primary N) is 1. The van der Waals surface area contributed by atoms with E-state index in [0.29, 0.717) is 11.4 Å². The van der Waals surface area contributed by atoms with E-state index in [1.165, 1.54) is 7.05 Å². The van der Waals surface area contributed by atoms with Crippen LogP contribution in [0, 0.1) is 0 Å². The van der Waals surface area contributed by atoms with Gasteiger partial charge in [-0.25, -0.2) is 13.1 Å². The topological polar surface area (TPSA) is 111 Å². The van der Waals surface area contributed by atoms with Gasteiger partial charge in [0.15, 0.2) is 0 Å². The van der Waals surface area contributed by atoms with E-state index >= 15 is 0 Å². The molecule has 0 unspecified atom stereocenters. The molecule has 0 aliphatic rings. The van der Waals surface area contributed by atoms with Gasteiger partial charge in [-0.2, -0.15) is 0 Å². The average Bonchev–Trinajstić information content (AvgIpc) is 2.38. The first kappa shape index (κ1) is 15.3. The number of hydrogen-bond donors (Lipinski definition) is 3. The van der Waals surface area contributed by atoms with Crippen molar-refractivity contribution in [3.8, 4) is 5.75 Å². The van der Waals surface area contributed by atoms with Gasteiger partial charge in [0.05, 0.1) is 18.0 Å². The van der Waals surface area contributed by atoms with Gasteiger partial charge in [0.25, 0.3) is 0 Å². The minimum Gasteiger partial charge on any atom is -0.490 e. The van der Waals surface area contributed by atoms with Crippen LogP contribution in [0.1, 0.15) is 0 Å². The van der Waals surface area contributed by atoms with E-state index in [4.69, 9.17) is 10.5 Å². The second-order valence-electron chi connectivity index (χ2n) is 3.70. The van der Waals surface area contributed by atoms with Crippen molar-refractivity contribution < 1.29 is 17.9 Å². The maximum atomic E-state index is 11.5. The second kappa shape index (κ2) is 6.95. The average molecular weight is 287 g/mol. The molecule has 0 radical (unpaired) electrons. The fourth-order valence-electron chi connectivity index (χ4n) is 1.21. The Morgan fingerprint density at radius 2 is 2.05 bits per heavy atom. The highest BCUT2D eigenvalue weighted by molar-refractivity contribution is 7.89. The zero-order valence-corrected chi connectivity index (χ0v) is 11.4. The minimum atomic E-state index is -3.55. The number of para-hydroxylation sites is 2. The number of rotatable bonds is 7. The van der Waals surface area contributed by atoms with Gasteiger partial charge in [0.2, 0.25) is 15.9 Å². The molecule has 0 bridgehead atoms. The van der Waals surface area contributed by atoms with Crippen LogP contribution in [-0.2, 0) is 14.8 Å². The summed E-state index contributed by atoms with van der Waals surface area (Å²) in [6.45, 7) is -0.330. The van der Waals surface area contributed by atoms with Gasteiger partial charge in [0.1, 0.15) is 12.4 Å². The van der Waals surface area contributed by atoms with Crippen LogP contribution in [-0.4, -0.2) is 40.3 Å². The molecule has 1 rings (SSSR count). The van der Waals surface area contributed by atoms with E-state index in [2.05, 4.69) is 10.0 Å². The van der Waals surface area contributed by atoms with Gasteiger partial charge in [0, 0.05) is 7.05 Å². The normalized spacial score (nSPS) is 11.0. The molecule has 0 atom stereocenters. The van der Waals surface area contributed by atoms with Crippen molar-refractivity contribution >= 4 is 21.6 Å². The number of carbonyl (C=O) groups is 1. The molecule has 8 heteroatoms. The Balaban J connectivity index is 2.40. The maximum Gasteiger partial charge on any atom is 0.234 e. The number of carbonyl (C=O) groups excluding carboxylic acids is 1. The molecular formula is C11H17N3O4S. The molecular weight excluding hydrogens is 270 g/mol. The number of ether oxygens (including phenoxy) is 1. The third-order valence-electron chi connectivity index (χ3n) is 2.26. The minimum absolute atomic E-state index is 0.0444. The predicted molar refractivity (Wildman–Crippen MR) is 72.2 cm³/mol. The molecule has 1 amide bonds. The number of nitrogens with one attached hydrogen (secondary N) is 2. The molecule has 0 aromatic heterocycles. The van der Waals surface area contributed by atoms with E-state index in [9.17, 15) is 13.2 Å². The van der Waals surface area contributed by atoms with Crippen LogP contribution >= 0.6 is 0 Å². The summed E-state index contributed by atoms with van der Waals surface area (Å²) in [6, 6.07) is 6.81. The van der Waals surface area contributed by atoms with Crippen LogP contribution in [0.5, 0.6) is 5.75 Å². The van der Waals surface area contributed by atoms with E-state index in [0.717, 1.165) is 0 Å². The number of likely N-dealkylation sites (N-methyl/N-ethyl adjacent to an activating group) is 1. The largest absolute Gasteiger partial charge is 0.490 e. The molecule has 106 valence electrons. The SMILES string of the molecule is CNC(=O)CNS(=O)(=O)CCOc1ccccc1N. The molecule has 1 aromatic rings. The summed E-state index contributed by atoms with van der Waals surface area (Å²) in [7, 11) is -2.12. The van der Waals surface area contributed by atoms with Crippen molar-refractivity contribution in [3.05, 3.63) is 24.3 Å². The fraction of sp³-hybridized carbons (Fsp3) is 0.364. The van der Waals surface area contributed by atoms with Gasteiger partial charge >= 0.3 is 0 Å². The highest BCUT2D eigenvalue weighted by atomic mass is 32.2.